The molecule has 2 aromatic heterocycles. The minimum absolute atomic E-state index is 0.0222. The van der Waals surface area contributed by atoms with Crippen molar-refractivity contribution in [3.8, 4) is 0 Å². The number of hydrogen-bond donors (Lipinski definition) is 1. The number of fused-ring (bicyclic) bond motifs is 1. The molecular formula is C22H31N3O4S. The van der Waals surface area contributed by atoms with Crippen molar-refractivity contribution >= 4 is 27.5 Å². The molecule has 4 rings (SSSR count). The van der Waals surface area contributed by atoms with Crippen molar-refractivity contribution in [2.45, 2.75) is 70.6 Å². The number of carbonyl (C=O) groups excluding carboxylic acids is 1. The van der Waals surface area contributed by atoms with E-state index in [1.165, 1.54) is 15.9 Å². The molecule has 0 spiro atoms. The maximum absolute atomic E-state index is 13.0. The first-order valence-electron chi connectivity index (χ1n) is 10.8. The predicted octanol–water partition coefficient (Wildman–Crippen LogP) is 2.63. The number of piperidine rings is 1. The van der Waals surface area contributed by atoms with E-state index in [-0.39, 0.29) is 30.0 Å². The lowest BCUT2D eigenvalue weighted by Gasteiger charge is -2.40. The van der Waals surface area contributed by atoms with Crippen molar-refractivity contribution < 1.29 is 14.6 Å². The summed E-state index contributed by atoms with van der Waals surface area (Å²) < 4.78 is 6.99. The highest BCUT2D eigenvalue weighted by molar-refractivity contribution is 7.18. The van der Waals surface area contributed by atoms with Gasteiger partial charge in [-0.3, -0.25) is 14.2 Å². The molecule has 2 fully saturated rings. The Labute approximate surface area is 180 Å². The van der Waals surface area contributed by atoms with Crippen LogP contribution in [-0.2, 0) is 16.1 Å². The van der Waals surface area contributed by atoms with E-state index >= 15 is 0 Å². The summed E-state index contributed by atoms with van der Waals surface area (Å²) in [7, 11) is 1.71. The molecular weight excluding hydrogens is 402 g/mol. The fourth-order valence-electron chi connectivity index (χ4n) is 4.84. The summed E-state index contributed by atoms with van der Waals surface area (Å²) in [6.07, 6.45) is 6.39. The third kappa shape index (κ3) is 4.05. The Morgan fingerprint density at radius 1 is 1.33 bits per heavy atom. The SMILES string of the molecule is COC1CCCC(C(=O)N2CCC(O)(Cn3cnc4sc(C)c(C)c4c3=O)CC2)C1. The lowest BCUT2D eigenvalue weighted by Crippen LogP contribution is -2.51. The number of aliphatic hydroxyl groups is 1. The Kier molecular flexibility index (Phi) is 6.01. The second-order valence-corrected chi connectivity index (χ2v) is 10.1. The summed E-state index contributed by atoms with van der Waals surface area (Å²) >= 11 is 1.53. The van der Waals surface area contributed by atoms with Crippen molar-refractivity contribution in [2.75, 3.05) is 20.2 Å². The van der Waals surface area contributed by atoms with Crippen LogP contribution in [0.15, 0.2) is 11.1 Å². The molecule has 1 amide bonds. The third-order valence-electron chi connectivity index (χ3n) is 6.93. The molecule has 2 unspecified atom stereocenters. The standard InChI is InChI=1S/C22H31N3O4S/c1-14-15(2)30-19-18(14)21(27)25(13-23-19)12-22(28)7-9-24(10-8-22)20(26)16-5-4-6-17(11-16)29-3/h13,16-17,28H,4-12H2,1-3H3. The molecule has 2 aromatic rings. The number of nitrogens with zero attached hydrogens (tertiary/aromatic N) is 3. The van der Waals surface area contributed by atoms with E-state index < -0.39 is 5.60 Å². The Morgan fingerprint density at radius 2 is 2.07 bits per heavy atom. The minimum Gasteiger partial charge on any atom is -0.388 e. The first-order chi connectivity index (χ1) is 14.3. The summed E-state index contributed by atoms with van der Waals surface area (Å²) in [4.78, 5) is 34.1. The van der Waals surface area contributed by atoms with Crippen LogP contribution in [0.5, 0.6) is 0 Å². The number of aryl methyl sites for hydroxylation is 2. The smallest absolute Gasteiger partial charge is 0.262 e. The van der Waals surface area contributed by atoms with Gasteiger partial charge in [0.25, 0.3) is 5.56 Å². The molecule has 1 saturated heterocycles. The van der Waals surface area contributed by atoms with Gasteiger partial charge in [-0.25, -0.2) is 4.98 Å². The average Bonchev–Trinajstić information content (AvgIpc) is 3.04. The van der Waals surface area contributed by atoms with Crippen LogP contribution < -0.4 is 5.56 Å². The fraction of sp³-hybridized carbons (Fsp3) is 0.682. The number of amides is 1. The second kappa shape index (κ2) is 8.40. The number of hydrogen-bond acceptors (Lipinski definition) is 6. The predicted molar refractivity (Wildman–Crippen MR) is 117 cm³/mol. The van der Waals surface area contributed by atoms with Gasteiger partial charge in [-0.05, 0) is 51.5 Å². The van der Waals surface area contributed by atoms with Crippen LogP contribution in [0, 0.1) is 19.8 Å². The minimum atomic E-state index is -1.00. The van der Waals surface area contributed by atoms with Gasteiger partial charge >= 0.3 is 0 Å². The Hall–Kier alpha value is -1.77. The zero-order valence-electron chi connectivity index (χ0n) is 18.0. The first kappa shape index (κ1) is 21.5. The Balaban J connectivity index is 1.42. The molecule has 8 heteroatoms. The van der Waals surface area contributed by atoms with Gasteiger partial charge in [0.15, 0.2) is 0 Å². The van der Waals surface area contributed by atoms with Gasteiger partial charge < -0.3 is 14.7 Å². The first-order valence-corrected chi connectivity index (χ1v) is 11.6. The molecule has 0 radical (unpaired) electrons. The highest BCUT2D eigenvalue weighted by atomic mass is 32.1. The van der Waals surface area contributed by atoms with Gasteiger partial charge in [0.05, 0.1) is 30.0 Å². The molecule has 7 nitrogen and oxygen atoms in total. The van der Waals surface area contributed by atoms with Crippen LogP contribution >= 0.6 is 11.3 Å². The van der Waals surface area contributed by atoms with Gasteiger partial charge in [0.1, 0.15) is 4.83 Å². The van der Waals surface area contributed by atoms with Crippen LogP contribution in [0.4, 0.5) is 0 Å². The van der Waals surface area contributed by atoms with Crippen LogP contribution in [-0.4, -0.2) is 57.4 Å². The monoisotopic (exact) mass is 433 g/mol. The number of likely N-dealkylation sites (tertiary alicyclic amines) is 1. The molecule has 0 bridgehead atoms. The molecule has 164 valence electrons. The highest BCUT2D eigenvalue weighted by Crippen LogP contribution is 2.31. The van der Waals surface area contributed by atoms with Crippen LogP contribution in [0.3, 0.4) is 0 Å². The van der Waals surface area contributed by atoms with Crippen LogP contribution in [0.2, 0.25) is 0 Å². The van der Waals surface area contributed by atoms with Crippen molar-refractivity contribution in [3.05, 3.63) is 27.1 Å². The van der Waals surface area contributed by atoms with E-state index in [2.05, 4.69) is 4.98 Å². The lowest BCUT2D eigenvalue weighted by molar-refractivity contribution is -0.142. The van der Waals surface area contributed by atoms with E-state index in [0.29, 0.717) is 31.3 Å². The molecule has 2 aliphatic rings. The van der Waals surface area contributed by atoms with Crippen molar-refractivity contribution in [3.63, 3.8) is 0 Å². The number of aromatic nitrogens is 2. The van der Waals surface area contributed by atoms with Gasteiger partial charge in [0, 0.05) is 31.0 Å². The van der Waals surface area contributed by atoms with Crippen LogP contribution in [0.1, 0.15) is 49.0 Å². The summed E-state index contributed by atoms with van der Waals surface area (Å²) in [5.41, 5.74) is -0.131. The lowest BCUT2D eigenvalue weighted by atomic mass is 9.84. The summed E-state index contributed by atoms with van der Waals surface area (Å²) in [6, 6.07) is 0. The number of thiophene rings is 1. The molecule has 0 aromatic carbocycles. The molecule has 1 saturated carbocycles. The topological polar surface area (TPSA) is 84.7 Å². The molecule has 1 N–H and O–H groups in total. The van der Waals surface area contributed by atoms with E-state index in [4.69, 9.17) is 4.74 Å². The number of ether oxygens (including phenoxy) is 1. The van der Waals surface area contributed by atoms with Crippen LogP contribution in [0.25, 0.3) is 10.2 Å². The fourth-order valence-corrected chi connectivity index (χ4v) is 5.83. The number of rotatable bonds is 4. The van der Waals surface area contributed by atoms with Crippen molar-refractivity contribution in [1.82, 2.24) is 14.5 Å². The zero-order chi connectivity index (χ0) is 21.5. The molecule has 30 heavy (non-hydrogen) atoms. The molecule has 1 aliphatic heterocycles. The largest absolute Gasteiger partial charge is 0.388 e. The summed E-state index contributed by atoms with van der Waals surface area (Å²) in [5, 5.41) is 11.8. The van der Waals surface area contributed by atoms with E-state index in [1.54, 1.807) is 13.4 Å². The maximum Gasteiger partial charge on any atom is 0.262 e. The summed E-state index contributed by atoms with van der Waals surface area (Å²) in [6.45, 7) is 5.18. The number of methoxy groups -OCH3 is 1. The molecule has 1 aliphatic carbocycles. The third-order valence-corrected chi connectivity index (χ3v) is 8.05. The Morgan fingerprint density at radius 3 is 2.77 bits per heavy atom. The average molecular weight is 434 g/mol. The van der Waals surface area contributed by atoms with Gasteiger partial charge in [0.2, 0.25) is 5.91 Å². The van der Waals surface area contributed by atoms with Gasteiger partial charge in [-0.1, -0.05) is 6.42 Å². The Bertz CT molecular complexity index is 990. The second-order valence-electron chi connectivity index (χ2n) is 8.91. The van der Waals surface area contributed by atoms with Gasteiger partial charge in [-0.2, -0.15) is 0 Å². The quantitative estimate of drug-likeness (QED) is 0.801. The maximum atomic E-state index is 13.0. The van der Waals surface area contributed by atoms with Crippen molar-refractivity contribution in [2.24, 2.45) is 5.92 Å². The van der Waals surface area contributed by atoms with E-state index in [0.717, 1.165) is 41.0 Å². The van der Waals surface area contributed by atoms with E-state index in [1.807, 2.05) is 18.7 Å². The van der Waals surface area contributed by atoms with E-state index in [9.17, 15) is 14.7 Å². The van der Waals surface area contributed by atoms with Gasteiger partial charge in [-0.15, -0.1) is 11.3 Å². The summed E-state index contributed by atoms with van der Waals surface area (Å²) in [5.74, 6) is 0.206. The number of carbonyl (C=O) groups is 1. The highest BCUT2D eigenvalue weighted by Gasteiger charge is 2.37. The zero-order valence-corrected chi connectivity index (χ0v) is 18.8. The molecule has 3 heterocycles. The van der Waals surface area contributed by atoms with Crippen molar-refractivity contribution in [1.29, 1.82) is 0 Å². The molecule has 2 atom stereocenters. The normalized spacial score (nSPS) is 24.3.